The van der Waals surface area contributed by atoms with Gasteiger partial charge in [-0.2, -0.15) is 0 Å². The predicted molar refractivity (Wildman–Crippen MR) is 198 cm³/mol. The standard InChI is InChI=1S/C45H30N2/c46-34-21-19-33(20-22-34)40-39(30-11-4-1-5-12-30)41(31-13-6-2-7-14-31)45-38-24-23-35(29-25-27-47-28-26-29)36-17-10-18-37(43(36)38)44(45)42(40)32-15-8-3-9-16-32/h1-28H,46H2. The zero-order valence-electron chi connectivity index (χ0n) is 25.7. The summed E-state index contributed by atoms with van der Waals surface area (Å²) >= 11 is 0. The molecule has 9 rings (SSSR count). The zero-order valence-corrected chi connectivity index (χ0v) is 25.7. The number of nitrogens with zero attached hydrogens (tertiary/aromatic N) is 1. The van der Waals surface area contributed by atoms with Gasteiger partial charge in [-0.25, -0.2) is 0 Å². The minimum absolute atomic E-state index is 0.751. The first-order valence-electron chi connectivity index (χ1n) is 16.0. The van der Waals surface area contributed by atoms with Crippen LogP contribution >= 0.6 is 0 Å². The molecule has 47 heavy (non-hydrogen) atoms. The van der Waals surface area contributed by atoms with Gasteiger partial charge in [-0.05, 0) is 113 Å². The van der Waals surface area contributed by atoms with E-state index in [2.05, 4.69) is 151 Å². The number of hydrogen-bond donors (Lipinski definition) is 1. The molecule has 1 aromatic heterocycles. The summed E-state index contributed by atoms with van der Waals surface area (Å²) in [6.45, 7) is 0. The number of nitrogens with two attached hydrogens (primary N) is 1. The highest BCUT2D eigenvalue weighted by Crippen LogP contribution is 2.61. The van der Waals surface area contributed by atoms with E-state index in [0.717, 1.165) is 11.3 Å². The van der Waals surface area contributed by atoms with Gasteiger partial charge in [0.1, 0.15) is 0 Å². The van der Waals surface area contributed by atoms with Crippen LogP contribution in [0.3, 0.4) is 0 Å². The summed E-state index contributed by atoms with van der Waals surface area (Å²) in [5.41, 5.74) is 24.1. The Bertz CT molecular complexity index is 2410. The fraction of sp³-hybridized carbons (Fsp3) is 0. The highest BCUT2D eigenvalue weighted by atomic mass is 14.6. The van der Waals surface area contributed by atoms with Crippen LogP contribution in [0.5, 0.6) is 0 Å². The molecule has 0 saturated carbocycles. The number of fused-ring (bicyclic) bond motifs is 3. The van der Waals surface area contributed by atoms with Crippen molar-refractivity contribution in [3.63, 3.8) is 0 Å². The van der Waals surface area contributed by atoms with Crippen molar-refractivity contribution in [2.75, 3.05) is 5.73 Å². The number of nitrogen functional groups attached to an aromatic ring is 1. The second-order valence-corrected chi connectivity index (χ2v) is 12.1. The van der Waals surface area contributed by atoms with Crippen molar-refractivity contribution in [3.05, 3.63) is 170 Å². The lowest BCUT2D eigenvalue weighted by Crippen LogP contribution is -1.99. The Labute approximate surface area is 274 Å². The molecule has 1 aliphatic rings. The van der Waals surface area contributed by atoms with Crippen molar-refractivity contribution in [3.8, 4) is 77.9 Å². The third-order valence-electron chi connectivity index (χ3n) is 9.46. The van der Waals surface area contributed by atoms with Gasteiger partial charge in [0.25, 0.3) is 0 Å². The summed E-state index contributed by atoms with van der Waals surface area (Å²) in [4.78, 5) is 4.30. The molecule has 2 heteroatoms. The molecule has 0 fully saturated rings. The topological polar surface area (TPSA) is 38.9 Å². The van der Waals surface area contributed by atoms with Crippen LogP contribution in [0.15, 0.2) is 170 Å². The maximum Gasteiger partial charge on any atom is 0.0314 e. The molecule has 0 unspecified atom stereocenters. The number of hydrogen-bond acceptors (Lipinski definition) is 2. The lowest BCUT2D eigenvalue weighted by Gasteiger charge is -2.26. The fourth-order valence-electron chi connectivity index (χ4n) is 7.51. The molecule has 0 bridgehead atoms. The van der Waals surface area contributed by atoms with Crippen molar-refractivity contribution >= 4 is 16.5 Å². The first-order chi connectivity index (χ1) is 23.3. The second-order valence-electron chi connectivity index (χ2n) is 12.1. The SMILES string of the molecule is Nc1ccc(-c2c(-c3ccccc3)c(-c3ccccc3)c3c(c2-c2ccccc2)-c2cccc4c(-c5ccncc5)ccc-3c24)cc1. The van der Waals surface area contributed by atoms with E-state index in [1.54, 1.807) is 0 Å². The molecular formula is C45H30N2. The van der Waals surface area contributed by atoms with Gasteiger partial charge in [-0.15, -0.1) is 0 Å². The summed E-state index contributed by atoms with van der Waals surface area (Å²) in [7, 11) is 0. The molecule has 220 valence electrons. The molecular weight excluding hydrogens is 569 g/mol. The van der Waals surface area contributed by atoms with Crippen molar-refractivity contribution in [2.45, 2.75) is 0 Å². The molecule has 7 aromatic carbocycles. The third-order valence-corrected chi connectivity index (χ3v) is 9.46. The normalized spacial score (nSPS) is 11.5. The lowest BCUT2D eigenvalue weighted by atomic mass is 9.76. The number of anilines is 1. The fourth-order valence-corrected chi connectivity index (χ4v) is 7.51. The van der Waals surface area contributed by atoms with Gasteiger partial charge in [0.05, 0.1) is 0 Å². The Morgan fingerprint density at radius 3 is 1.30 bits per heavy atom. The van der Waals surface area contributed by atoms with Gasteiger partial charge >= 0.3 is 0 Å². The van der Waals surface area contributed by atoms with E-state index >= 15 is 0 Å². The number of benzene rings is 7. The summed E-state index contributed by atoms with van der Waals surface area (Å²) in [5, 5.41) is 2.54. The minimum Gasteiger partial charge on any atom is -0.399 e. The minimum atomic E-state index is 0.751. The Hall–Kier alpha value is -6.25. The molecule has 0 radical (unpaired) electrons. The maximum absolute atomic E-state index is 6.28. The maximum atomic E-state index is 6.28. The largest absolute Gasteiger partial charge is 0.399 e. The van der Waals surface area contributed by atoms with Crippen molar-refractivity contribution in [1.82, 2.24) is 4.98 Å². The Morgan fingerprint density at radius 1 is 0.319 bits per heavy atom. The highest BCUT2D eigenvalue weighted by molar-refractivity contribution is 6.27. The molecule has 0 aliphatic heterocycles. The quantitative estimate of drug-likeness (QED) is 0.200. The molecule has 2 N–H and O–H groups in total. The van der Waals surface area contributed by atoms with Crippen molar-refractivity contribution in [1.29, 1.82) is 0 Å². The zero-order chi connectivity index (χ0) is 31.3. The van der Waals surface area contributed by atoms with E-state index in [4.69, 9.17) is 5.73 Å². The summed E-state index contributed by atoms with van der Waals surface area (Å²) in [6, 6.07) is 56.7. The van der Waals surface area contributed by atoms with Crippen LogP contribution in [-0.2, 0) is 0 Å². The number of aromatic nitrogens is 1. The van der Waals surface area contributed by atoms with E-state index in [1.807, 2.05) is 24.5 Å². The van der Waals surface area contributed by atoms with Crippen LogP contribution < -0.4 is 5.73 Å². The second kappa shape index (κ2) is 11.0. The third kappa shape index (κ3) is 4.30. The number of pyridine rings is 1. The van der Waals surface area contributed by atoms with E-state index in [0.29, 0.717) is 0 Å². The van der Waals surface area contributed by atoms with Crippen LogP contribution in [-0.4, -0.2) is 4.98 Å². The van der Waals surface area contributed by atoms with Gasteiger partial charge in [-0.3, -0.25) is 4.98 Å². The van der Waals surface area contributed by atoms with E-state index < -0.39 is 0 Å². The average molecular weight is 599 g/mol. The molecule has 0 spiro atoms. The predicted octanol–water partition coefficient (Wildman–Crippen LogP) is 11.8. The van der Waals surface area contributed by atoms with Crippen molar-refractivity contribution in [2.24, 2.45) is 0 Å². The molecule has 1 heterocycles. The van der Waals surface area contributed by atoms with Gasteiger partial charge < -0.3 is 5.73 Å². The smallest absolute Gasteiger partial charge is 0.0314 e. The Morgan fingerprint density at radius 2 is 0.766 bits per heavy atom. The Balaban J connectivity index is 1.53. The van der Waals surface area contributed by atoms with E-state index in [-0.39, 0.29) is 0 Å². The molecule has 0 saturated heterocycles. The molecule has 1 aliphatic carbocycles. The first-order valence-corrected chi connectivity index (χ1v) is 16.0. The molecule has 8 aromatic rings. The molecule has 0 amide bonds. The van der Waals surface area contributed by atoms with Crippen LogP contribution in [0.4, 0.5) is 5.69 Å². The molecule has 0 atom stereocenters. The number of rotatable bonds is 5. The van der Waals surface area contributed by atoms with Gasteiger partial charge in [0.2, 0.25) is 0 Å². The average Bonchev–Trinajstić information content (AvgIpc) is 3.48. The van der Waals surface area contributed by atoms with Gasteiger partial charge in [-0.1, -0.05) is 133 Å². The lowest BCUT2D eigenvalue weighted by molar-refractivity contribution is 1.33. The van der Waals surface area contributed by atoms with Crippen LogP contribution in [0.1, 0.15) is 0 Å². The van der Waals surface area contributed by atoms with Crippen LogP contribution in [0.2, 0.25) is 0 Å². The van der Waals surface area contributed by atoms with Gasteiger partial charge in [0, 0.05) is 18.1 Å². The highest BCUT2D eigenvalue weighted by Gasteiger charge is 2.34. The van der Waals surface area contributed by atoms with Gasteiger partial charge in [0.15, 0.2) is 0 Å². The monoisotopic (exact) mass is 598 g/mol. The summed E-state index contributed by atoms with van der Waals surface area (Å²) in [5.74, 6) is 0. The first kappa shape index (κ1) is 27.1. The van der Waals surface area contributed by atoms with E-state index in [1.165, 1.54) is 83.1 Å². The van der Waals surface area contributed by atoms with Crippen LogP contribution in [0, 0.1) is 0 Å². The summed E-state index contributed by atoms with van der Waals surface area (Å²) < 4.78 is 0. The summed E-state index contributed by atoms with van der Waals surface area (Å²) in [6.07, 6.45) is 3.75. The van der Waals surface area contributed by atoms with Crippen LogP contribution in [0.25, 0.3) is 88.7 Å². The van der Waals surface area contributed by atoms with E-state index in [9.17, 15) is 0 Å². The molecule has 2 nitrogen and oxygen atoms in total. The Kier molecular flexibility index (Phi) is 6.33. The van der Waals surface area contributed by atoms with Crippen molar-refractivity contribution < 1.29 is 0 Å².